The Morgan fingerprint density at radius 3 is 3.07 bits per heavy atom. The molecule has 1 aromatic carbocycles. The summed E-state index contributed by atoms with van der Waals surface area (Å²) >= 11 is 5.93. The fourth-order valence-electron chi connectivity index (χ4n) is 1.66. The zero-order valence-corrected chi connectivity index (χ0v) is 8.17. The molecule has 0 unspecified atom stereocenters. The zero-order chi connectivity index (χ0) is 10.1. The quantitative estimate of drug-likeness (QED) is 0.815. The second-order valence-electron chi connectivity index (χ2n) is 3.17. The predicted octanol–water partition coefficient (Wildman–Crippen LogP) is 1.90. The van der Waals surface area contributed by atoms with Gasteiger partial charge in [-0.25, -0.2) is 0 Å². The highest BCUT2D eigenvalue weighted by atomic mass is 35.5. The Morgan fingerprint density at radius 1 is 1.57 bits per heavy atom. The molecule has 0 saturated heterocycles. The van der Waals surface area contributed by atoms with Crippen LogP contribution in [0.2, 0.25) is 5.02 Å². The van der Waals surface area contributed by atoms with Gasteiger partial charge >= 0.3 is 5.97 Å². The first kappa shape index (κ1) is 9.34. The number of ether oxygens (including phenoxy) is 1. The Hall–Kier alpha value is -1.22. The second kappa shape index (κ2) is 3.50. The lowest BCUT2D eigenvalue weighted by Crippen LogP contribution is -2.03. The molecule has 1 N–H and O–H groups in total. The molecular weight excluding hydrogens is 204 g/mol. The number of fused-ring (bicyclic) bond motifs is 1. The fraction of sp³-hybridized carbons (Fsp3) is 0.300. The monoisotopic (exact) mass is 212 g/mol. The Morgan fingerprint density at radius 2 is 2.36 bits per heavy atom. The molecule has 0 spiro atoms. The molecule has 0 saturated carbocycles. The van der Waals surface area contributed by atoms with E-state index in [1.807, 2.05) is 0 Å². The average Bonchev–Trinajstić information content (AvgIpc) is 2.57. The first-order valence-corrected chi connectivity index (χ1v) is 4.71. The predicted molar refractivity (Wildman–Crippen MR) is 52.0 cm³/mol. The molecule has 4 heteroatoms. The largest absolute Gasteiger partial charge is 0.493 e. The second-order valence-corrected chi connectivity index (χ2v) is 3.58. The molecular formula is C10H9ClO3. The minimum atomic E-state index is -0.868. The highest BCUT2D eigenvalue weighted by Crippen LogP contribution is 2.33. The van der Waals surface area contributed by atoms with Gasteiger partial charge in [0.2, 0.25) is 0 Å². The summed E-state index contributed by atoms with van der Waals surface area (Å²) in [5.41, 5.74) is 1.63. The third-order valence-electron chi connectivity index (χ3n) is 2.27. The molecule has 0 atom stereocenters. The summed E-state index contributed by atoms with van der Waals surface area (Å²) in [4.78, 5) is 10.6. The van der Waals surface area contributed by atoms with E-state index in [-0.39, 0.29) is 6.42 Å². The molecule has 1 aliphatic heterocycles. The van der Waals surface area contributed by atoms with Crippen LogP contribution < -0.4 is 4.74 Å². The number of carbonyl (C=O) groups is 1. The first-order valence-electron chi connectivity index (χ1n) is 4.33. The van der Waals surface area contributed by atoms with Gasteiger partial charge in [0.1, 0.15) is 5.75 Å². The fourth-order valence-corrected chi connectivity index (χ4v) is 1.90. The number of hydrogen-bond acceptors (Lipinski definition) is 2. The first-order chi connectivity index (χ1) is 6.68. The summed E-state index contributed by atoms with van der Waals surface area (Å²) in [5.74, 6) is -0.0992. The molecule has 3 nitrogen and oxygen atoms in total. The van der Waals surface area contributed by atoms with Gasteiger partial charge in [-0.2, -0.15) is 0 Å². The lowest BCUT2D eigenvalue weighted by Gasteiger charge is -2.06. The summed E-state index contributed by atoms with van der Waals surface area (Å²) < 4.78 is 5.32. The van der Waals surface area contributed by atoms with Crippen LogP contribution in [0.5, 0.6) is 5.75 Å². The van der Waals surface area contributed by atoms with Crippen molar-refractivity contribution in [1.29, 1.82) is 0 Å². The van der Waals surface area contributed by atoms with Crippen LogP contribution in [0.4, 0.5) is 0 Å². The van der Waals surface area contributed by atoms with Gasteiger partial charge in [0, 0.05) is 17.0 Å². The lowest BCUT2D eigenvalue weighted by molar-refractivity contribution is -0.136. The minimum absolute atomic E-state index is 0.0363. The molecule has 1 heterocycles. The summed E-state index contributed by atoms with van der Waals surface area (Å²) in [6.07, 6.45) is 0.712. The van der Waals surface area contributed by atoms with Crippen LogP contribution in [-0.2, 0) is 17.6 Å². The molecule has 74 valence electrons. The van der Waals surface area contributed by atoms with Gasteiger partial charge in [0.15, 0.2) is 0 Å². The Kier molecular flexibility index (Phi) is 2.33. The third kappa shape index (κ3) is 1.55. The number of benzene rings is 1. The van der Waals surface area contributed by atoms with Crippen molar-refractivity contribution in [2.24, 2.45) is 0 Å². The van der Waals surface area contributed by atoms with Crippen LogP contribution in [0.15, 0.2) is 12.1 Å². The standard InChI is InChI=1S/C10H9ClO3/c11-8-1-2-9-6(3-4-14-9)7(8)5-10(12)13/h1-2H,3-5H2,(H,12,13). The molecule has 0 radical (unpaired) electrons. The molecule has 2 rings (SSSR count). The Labute approximate surface area is 86.3 Å². The molecule has 0 aromatic heterocycles. The van der Waals surface area contributed by atoms with E-state index < -0.39 is 5.97 Å². The van der Waals surface area contributed by atoms with Crippen molar-refractivity contribution in [3.05, 3.63) is 28.3 Å². The maximum atomic E-state index is 10.6. The molecule has 14 heavy (non-hydrogen) atoms. The summed E-state index contributed by atoms with van der Waals surface area (Å²) in [5, 5.41) is 9.23. The van der Waals surface area contributed by atoms with Gasteiger partial charge in [-0.05, 0) is 17.7 Å². The van der Waals surface area contributed by atoms with Gasteiger partial charge in [0.25, 0.3) is 0 Å². The van der Waals surface area contributed by atoms with Crippen molar-refractivity contribution in [3.8, 4) is 5.75 Å². The van der Waals surface area contributed by atoms with Crippen molar-refractivity contribution in [3.63, 3.8) is 0 Å². The maximum absolute atomic E-state index is 10.6. The normalized spacial score (nSPS) is 13.5. The average molecular weight is 213 g/mol. The highest BCUT2D eigenvalue weighted by molar-refractivity contribution is 6.31. The van der Waals surface area contributed by atoms with E-state index in [9.17, 15) is 4.79 Å². The number of carboxylic acids is 1. The number of rotatable bonds is 2. The van der Waals surface area contributed by atoms with Crippen molar-refractivity contribution >= 4 is 17.6 Å². The van der Waals surface area contributed by atoms with E-state index in [4.69, 9.17) is 21.4 Å². The van der Waals surface area contributed by atoms with Gasteiger partial charge in [-0.15, -0.1) is 0 Å². The van der Waals surface area contributed by atoms with Gasteiger partial charge in [-0.1, -0.05) is 11.6 Å². The van der Waals surface area contributed by atoms with Gasteiger partial charge in [0.05, 0.1) is 13.0 Å². The highest BCUT2D eigenvalue weighted by Gasteiger charge is 2.19. The van der Waals surface area contributed by atoms with Crippen LogP contribution in [0, 0.1) is 0 Å². The zero-order valence-electron chi connectivity index (χ0n) is 7.42. The summed E-state index contributed by atoms with van der Waals surface area (Å²) in [7, 11) is 0. The Balaban J connectivity index is 2.46. The van der Waals surface area contributed by atoms with Crippen molar-refractivity contribution in [2.45, 2.75) is 12.8 Å². The van der Waals surface area contributed by atoms with E-state index in [0.717, 1.165) is 17.7 Å². The number of aliphatic carboxylic acids is 1. The number of hydrogen-bond donors (Lipinski definition) is 1. The lowest BCUT2D eigenvalue weighted by atomic mass is 10.0. The molecule has 1 aromatic rings. The van der Waals surface area contributed by atoms with Crippen LogP contribution in [0.1, 0.15) is 11.1 Å². The van der Waals surface area contributed by atoms with Crippen molar-refractivity contribution in [1.82, 2.24) is 0 Å². The Bertz CT molecular complexity index is 387. The SMILES string of the molecule is O=C(O)Cc1c(Cl)ccc2c1CCO2. The van der Waals surface area contributed by atoms with E-state index in [0.29, 0.717) is 17.2 Å². The van der Waals surface area contributed by atoms with Crippen molar-refractivity contribution < 1.29 is 14.6 Å². The topological polar surface area (TPSA) is 46.5 Å². The summed E-state index contributed by atoms with van der Waals surface area (Å²) in [6.45, 7) is 0.613. The molecule has 0 fully saturated rings. The molecule has 0 amide bonds. The van der Waals surface area contributed by atoms with E-state index in [1.54, 1.807) is 12.1 Å². The van der Waals surface area contributed by atoms with Crippen LogP contribution >= 0.6 is 11.6 Å². The summed E-state index contributed by atoms with van der Waals surface area (Å²) in [6, 6.07) is 3.47. The van der Waals surface area contributed by atoms with E-state index >= 15 is 0 Å². The van der Waals surface area contributed by atoms with Gasteiger partial charge < -0.3 is 9.84 Å². The molecule has 0 aliphatic carbocycles. The number of carboxylic acid groups (broad SMARTS) is 1. The van der Waals surface area contributed by atoms with Crippen LogP contribution in [0.25, 0.3) is 0 Å². The maximum Gasteiger partial charge on any atom is 0.307 e. The van der Waals surface area contributed by atoms with Gasteiger partial charge in [-0.3, -0.25) is 4.79 Å². The number of halogens is 1. The molecule has 0 bridgehead atoms. The third-order valence-corrected chi connectivity index (χ3v) is 2.62. The molecule has 1 aliphatic rings. The van der Waals surface area contributed by atoms with Crippen LogP contribution in [0.3, 0.4) is 0 Å². The minimum Gasteiger partial charge on any atom is -0.493 e. The smallest absolute Gasteiger partial charge is 0.307 e. The van der Waals surface area contributed by atoms with E-state index in [1.165, 1.54) is 0 Å². The van der Waals surface area contributed by atoms with Crippen LogP contribution in [-0.4, -0.2) is 17.7 Å². The van der Waals surface area contributed by atoms with Crippen molar-refractivity contribution in [2.75, 3.05) is 6.61 Å². The van der Waals surface area contributed by atoms with E-state index in [2.05, 4.69) is 0 Å².